The van der Waals surface area contributed by atoms with E-state index >= 15 is 0 Å². The Hall–Kier alpha value is -2.21. The SMILES string of the molecule is Cc1cccc(CN2CCn3c(C(=O)N4CCCC4)cnc3C2)n1. The van der Waals surface area contributed by atoms with Crippen molar-refractivity contribution in [1.29, 1.82) is 0 Å². The Morgan fingerprint density at radius 3 is 2.79 bits per heavy atom. The van der Waals surface area contributed by atoms with Crippen molar-refractivity contribution in [3.63, 3.8) is 0 Å². The molecule has 0 saturated carbocycles. The van der Waals surface area contributed by atoms with Gasteiger partial charge in [0.1, 0.15) is 11.5 Å². The van der Waals surface area contributed by atoms with Gasteiger partial charge in [-0.1, -0.05) is 6.07 Å². The second-order valence-electron chi connectivity index (χ2n) is 6.69. The first-order chi connectivity index (χ1) is 11.7. The summed E-state index contributed by atoms with van der Waals surface area (Å²) in [5.74, 6) is 1.12. The number of hydrogen-bond donors (Lipinski definition) is 0. The molecule has 1 amide bonds. The van der Waals surface area contributed by atoms with Crippen molar-refractivity contribution in [2.45, 2.75) is 39.4 Å². The van der Waals surface area contributed by atoms with E-state index < -0.39 is 0 Å². The monoisotopic (exact) mass is 325 g/mol. The highest BCUT2D eigenvalue weighted by molar-refractivity contribution is 5.92. The number of carbonyl (C=O) groups excluding carboxylic acids is 1. The van der Waals surface area contributed by atoms with Gasteiger partial charge in [0, 0.05) is 38.4 Å². The predicted molar refractivity (Wildman–Crippen MR) is 90.5 cm³/mol. The van der Waals surface area contributed by atoms with Gasteiger partial charge in [-0.25, -0.2) is 4.98 Å². The first-order valence-corrected chi connectivity index (χ1v) is 8.69. The maximum Gasteiger partial charge on any atom is 0.272 e. The molecule has 2 aliphatic rings. The normalized spacial score (nSPS) is 18.0. The molecule has 4 rings (SSSR count). The maximum absolute atomic E-state index is 12.6. The minimum atomic E-state index is 0.139. The molecule has 0 atom stereocenters. The standard InChI is InChI=1S/C18H23N5O/c1-14-5-4-6-15(20-14)12-21-9-10-23-16(11-19-17(23)13-21)18(24)22-7-2-3-8-22/h4-6,11H,2-3,7-10,12-13H2,1H3. The van der Waals surface area contributed by atoms with Gasteiger partial charge in [0.2, 0.25) is 0 Å². The van der Waals surface area contributed by atoms with Crippen LogP contribution in [0.5, 0.6) is 0 Å². The fraction of sp³-hybridized carbons (Fsp3) is 0.500. The van der Waals surface area contributed by atoms with Crippen LogP contribution in [-0.4, -0.2) is 49.9 Å². The van der Waals surface area contributed by atoms with Crippen molar-refractivity contribution in [2.24, 2.45) is 0 Å². The van der Waals surface area contributed by atoms with E-state index in [-0.39, 0.29) is 5.91 Å². The van der Waals surface area contributed by atoms with Gasteiger partial charge in [0.25, 0.3) is 5.91 Å². The number of imidazole rings is 1. The molecule has 126 valence electrons. The fourth-order valence-electron chi connectivity index (χ4n) is 3.61. The Morgan fingerprint density at radius 1 is 1.17 bits per heavy atom. The summed E-state index contributed by atoms with van der Waals surface area (Å²) in [6.07, 6.45) is 3.98. The summed E-state index contributed by atoms with van der Waals surface area (Å²) in [6.45, 7) is 7.10. The second kappa shape index (κ2) is 6.36. The molecule has 6 nitrogen and oxygen atoms in total. The van der Waals surface area contributed by atoms with E-state index in [2.05, 4.69) is 31.6 Å². The summed E-state index contributed by atoms with van der Waals surface area (Å²) in [5.41, 5.74) is 2.88. The largest absolute Gasteiger partial charge is 0.337 e. The number of nitrogens with zero attached hydrogens (tertiary/aromatic N) is 5. The zero-order chi connectivity index (χ0) is 16.5. The third-order valence-electron chi connectivity index (χ3n) is 4.89. The number of carbonyl (C=O) groups is 1. The summed E-state index contributed by atoms with van der Waals surface area (Å²) >= 11 is 0. The van der Waals surface area contributed by atoms with E-state index in [1.54, 1.807) is 6.20 Å². The summed E-state index contributed by atoms with van der Waals surface area (Å²) in [5, 5.41) is 0. The minimum Gasteiger partial charge on any atom is -0.337 e. The lowest BCUT2D eigenvalue weighted by atomic mass is 10.2. The number of aryl methyl sites for hydroxylation is 1. The van der Waals surface area contributed by atoms with Gasteiger partial charge in [-0.05, 0) is 31.9 Å². The molecule has 2 aliphatic heterocycles. The van der Waals surface area contributed by atoms with Crippen molar-refractivity contribution < 1.29 is 4.79 Å². The van der Waals surface area contributed by atoms with Gasteiger partial charge < -0.3 is 9.47 Å². The van der Waals surface area contributed by atoms with Crippen molar-refractivity contribution >= 4 is 5.91 Å². The van der Waals surface area contributed by atoms with Crippen molar-refractivity contribution in [3.8, 4) is 0 Å². The molecule has 0 N–H and O–H groups in total. The molecule has 0 unspecified atom stereocenters. The number of hydrogen-bond acceptors (Lipinski definition) is 4. The Morgan fingerprint density at radius 2 is 2.00 bits per heavy atom. The Balaban J connectivity index is 1.47. The van der Waals surface area contributed by atoms with Gasteiger partial charge >= 0.3 is 0 Å². The van der Waals surface area contributed by atoms with Gasteiger partial charge in [-0.2, -0.15) is 0 Å². The predicted octanol–water partition coefficient (Wildman–Crippen LogP) is 1.84. The molecule has 1 fully saturated rings. The van der Waals surface area contributed by atoms with Crippen LogP contribution >= 0.6 is 0 Å². The Labute approximate surface area is 142 Å². The van der Waals surface area contributed by atoms with Crippen LogP contribution < -0.4 is 0 Å². The maximum atomic E-state index is 12.6. The van der Waals surface area contributed by atoms with Crippen LogP contribution in [0.2, 0.25) is 0 Å². The highest BCUT2D eigenvalue weighted by Crippen LogP contribution is 2.19. The number of pyridine rings is 1. The van der Waals surface area contributed by atoms with E-state index in [1.165, 1.54) is 0 Å². The Kier molecular flexibility index (Phi) is 4.06. The van der Waals surface area contributed by atoms with Crippen molar-refractivity contribution in [1.82, 2.24) is 24.3 Å². The van der Waals surface area contributed by atoms with E-state index in [0.717, 1.165) is 75.0 Å². The number of amides is 1. The molecule has 4 heterocycles. The van der Waals surface area contributed by atoms with Crippen LogP contribution in [0.1, 0.15) is 40.5 Å². The van der Waals surface area contributed by atoms with Gasteiger partial charge in [0.15, 0.2) is 0 Å². The fourth-order valence-corrected chi connectivity index (χ4v) is 3.61. The molecule has 2 aromatic rings. The molecule has 6 heteroatoms. The molecule has 24 heavy (non-hydrogen) atoms. The van der Waals surface area contributed by atoms with E-state index in [1.807, 2.05) is 17.9 Å². The van der Waals surface area contributed by atoms with Gasteiger partial charge in [-0.3, -0.25) is 14.7 Å². The summed E-state index contributed by atoms with van der Waals surface area (Å²) in [4.78, 5) is 26.0. The van der Waals surface area contributed by atoms with Crippen molar-refractivity contribution in [3.05, 3.63) is 47.3 Å². The number of rotatable bonds is 3. The number of fused-ring (bicyclic) bond motifs is 1. The molecular weight excluding hydrogens is 302 g/mol. The lowest BCUT2D eigenvalue weighted by Gasteiger charge is -2.28. The summed E-state index contributed by atoms with van der Waals surface area (Å²) < 4.78 is 2.10. The van der Waals surface area contributed by atoms with Crippen LogP contribution in [0.4, 0.5) is 0 Å². The van der Waals surface area contributed by atoms with Crippen LogP contribution in [-0.2, 0) is 19.6 Å². The first kappa shape index (κ1) is 15.3. The van der Waals surface area contributed by atoms with Gasteiger partial charge in [-0.15, -0.1) is 0 Å². The lowest BCUT2D eigenvalue weighted by Crippen LogP contribution is -2.36. The molecule has 0 spiro atoms. The molecule has 0 radical (unpaired) electrons. The highest BCUT2D eigenvalue weighted by Gasteiger charge is 2.27. The smallest absolute Gasteiger partial charge is 0.272 e. The van der Waals surface area contributed by atoms with Crippen LogP contribution in [0, 0.1) is 6.92 Å². The average Bonchev–Trinajstić information content (AvgIpc) is 3.24. The molecular formula is C18H23N5O. The first-order valence-electron chi connectivity index (χ1n) is 8.69. The van der Waals surface area contributed by atoms with Crippen LogP contribution in [0.25, 0.3) is 0 Å². The van der Waals surface area contributed by atoms with E-state index in [4.69, 9.17) is 0 Å². The van der Waals surface area contributed by atoms with Crippen LogP contribution in [0.15, 0.2) is 24.4 Å². The minimum absolute atomic E-state index is 0.139. The lowest BCUT2D eigenvalue weighted by molar-refractivity contribution is 0.0777. The third kappa shape index (κ3) is 2.94. The third-order valence-corrected chi connectivity index (χ3v) is 4.89. The molecule has 0 bridgehead atoms. The molecule has 1 saturated heterocycles. The Bertz CT molecular complexity index is 748. The zero-order valence-corrected chi connectivity index (χ0v) is 14.1. The zero-order valence-electron chi connectivity index (χ0n) is 14.1. The quantitative estimate of drug-likeness (QED) is 0.864. The number of likely N-dealkylation sites (tertiary alicyclic amines) is 1. The topological polar surface area (TPSA) is 54.3 Å². The molecule has 0 aromatic carbocycles. The van der Waals surface area contributed by atoms with Gasteiger partial charge in [0.05, 0.1) is 18.4 Å². The molecule has 0 aliphatic carbocycles. The highest BCUT2D eigenvalue weighted by atomic mass is 16.2. The summed E-state index contributed by atoms with van der Waals surface area (Å²) in [7, 11) is 0. The van der Waals surface area contributed by atoms with E-state index in [9.17, 15) is 4.79 Å². The van der Waals surface area contributed by atoms with Crippen LogP contribution in [0.3, 0.4) is 0 Å². The number of aromatic nitrogens is 3. The molecule has 2 aromatic heterocycles. The summed E-state index contributed by atoms with van der Waals surface area (Å²) in [6, 6.07) is 6.13. The van der Waals surface area contributed by atoms with Crippen molar-refractivity contribution in [2.75, 3.05) is 19.6 Å². The second-order valence-corrected chi connectivity index (χ2v) is 6.69. The average molecular weight is 325 g/mol. The van der Waals surface area contributed by atoms with E-state index in [0.29, 0.717) is 0 Å².